The Labute approximate surface area is 121 Å². The number of rotatable bonds is 7. The summed E-state index contributed by atoms with van der Waals surface area (Å²) in [6.45, 7) is 8.29. The van der Waals surface area contributed by atoms with Gasteiger partial charge in [-0.15, -0.1) is 0 Å². The highest BCUT2D eigenvalue weighted by atomic mass is 15.3. The number of aromatic nitrogens is 4. The molecule has 0 aliphatic rings. The number of nitrogens with zero attached hydrogens (tertiary/aromatic N) is 4. The highest BCUT2D eigenvalue weighted by Crippen LogP contribution is 2.20. The van der Waals surface area contributed by atoms with Crippen molar-refractivity contribution in [3.63, 3.8) is 0 Å². The Morgan fingerprint density at radius 1 is 1.30 bits per heavy atom. The van der Waals surface area contributed by atoms with Crippen LogP contribution in [-0.4, -0.2) is 26.1 Å². The Morgan fingerprint density at radius 2 is 2.10 bits per heavy atom. The molecule has 0 fully saturated rings. The van der Waals surface area contributed by atoms with Crippen LogP contribution in [-0.2, 0) is 26.4 Å². The zero-order valence-electron chi connectivity index (χ0n) is 12.9. The summed E-state index contributed by atoms with van der Waals surface area (Å²) in [5.41, 5.74) is 3.69. The van der Waals surface area contributed by atoms with E-state index in [1.807, 2.05) is 17.9 Å². The van der Waals surface area contributed by atoms with Crippen molar-refractivity contribution in [2.45, 2.75) is 46.2 Å². The quantitative estimate of drug-likeness (QED) is 0.841. The first-order valence-electron chi connectivity index (χ1n) is 7.45. The molecule has 0 aliphatic heterocycles. The van der Waals surface area contributed by atoms with Gasteiger partial charge in [-0.25, -0.2) is 0 Å². The van der Waals surface area contributed by atoms with Gasteiger partial charge in [-0.05, 0) is 37.9 Å². The molecule has 2 heterocycles. The Balaban J connectivity index is 2.25. The van der Waals surface area contributed by atoms with E-state index in [4.69, 9.17) is 0 Å². The van der Waals surface area contributed by atoms with Gasteiger partial charge in [0.25, 0.3) is 0 Å². The van der Waals surface area contributed by atoms with Crippen molar-refractivity contribution < 1.29 is 0 Å². The third-order valence-corrected chi connectivity index (χ3v) is 3.53. The maximum atomic E-state index is 4.65. The smallest absolute Gasteiger partial charge is 0.0625 e. The van der Waals surface area contributed by atoms with Crippen LogP contribution in [0.2, 0.25) is 0 Å². The number of nitrogens with one attached hydrogen (secondary N) is 1. The van der Waals surface area contributed by atoms with E-state index < -0.39 is 0 Å². The standard InChI is InChI=1S/C15H25N5/c1-5-13-9-15(20(7-3)18-13)14(16-6-2)8-12-10-17-19(4)11-12/h9-11,14,16H,5-8H2,1-4H3. The molecule has 1 N–H and O–H groups in total. The van der Waals surface area contributed by atoms with Gasteiger partial charge in [0, 0.05) is 19.8 Å². The summed E-state index contributed by atoms with van der Waals surface area (Å²) in [6.07, 6.45) is 5.94. The fraction of sp³-hybridized carbons (Fsp3) is 0.600. The fourth-order valence-electron chi connectivity index (χ4n) is 2.53. The van der Waals surface area contributed by atoms with E-state index in [0.717, 1.165) is 31.6 Å². The average Bonchev–Trinajstić information content (AvgIpc) is 3.04. The Kier molecular flexibility index (Phi) is 4.95. The van der Waals surface area contributed by atoms with E-state index in [-0.39, 0.29) is 6.04 Å². The predicted molar refractivity (Wildman–Crippen MR) is 80.6 cm³/mol. The molecule has 2 aromatic rings. The van der Waals surface area contributed by atoms with Crippen molar-refractivity contribution in [3.8, 4) is 0 Å². The minimum atomic E-state index is 0.289. The first kappa shape index (κ1) is 14.8. The highest BCUT2D eigenvalue weighted by Gasteiger charge is 2.17. The molecule has 20 heavy (non-hydrogen) atoms. The summed E-state index contributed by atoms with van der Waals surface area (Å²) in [7, 11) is 1.96. The van der Waals surface area contributed by atoms with Gasteiger partial charge in [0.2, 0.25) is 0 Å². The number of aryl methyl sites for hydroxylation is 3. The van der Waals surface area contributed by atoms with Crippen LogP contribution in [0.4, 0.5) is 0 Å². The first-order valence-corrected chi connectivity index (χ1v) is 7.45. The van der Waals surface area contributed by atoms with E-state index in [0.29, 0.717) is 0 Å². The van der Waals surface area contributed by atoms with Crippen LogP contribution in [0.1, 0.15) is 43.8 Å². The lowest BCUT2D eigenvalue weighted by atomic mass is 10.1. The van der Waals surface area contributed by atoms with Gasteiger partial charge >= 0.3 is 0 Å². The van der Waals surface area contributed by atoms with E-state index in [1.165, 1.54) is 11.3 Å². The van der Waals surface area contributed by atoms with Gasteiger partial charge in [-0.3, -0.25) is 9.36 Å². The third-order valence-electron chi connectivity index (χ3n) is 3.53. The predicted octanol–water partition coefficient (Wildman–Crippen LogP) is 2.09. The molecule has 0 aliphatic carbocycles. The summed E-state index contributed by atoms with van der Waals surface area (Å²) in [5, 5.41) is 12.5. The Hall–Kier alpha value is -1.62. The average molecular weight is 275 g/mol. The first-order chi connectivity index (χ1) is 9.67. The number of hydrogen-bond donors (Lipinski definition) is 1. The SMILES string of the molecule is CCNC(Cc1cnn(C)c1)c1cc(CC)nn1CC. The summed E-state index contributed by atoms with van der Waals surface area (Å²) in [4.78, 5) is 0. The lowest BCUT2D eigenvalue weighted by Crippen LogP contribution is -2.25. The molecule has 110 valence electrons. The number of hydrogen-bond acceptors (Lipinski definition) is 3. The van der Waals surface area contributed by atoms with Crippen LogP contribution in [0.5, 0.6) is 0 Å². The molecule has 1 atom stereocenters. The summed E-state index contributed by atoms with van der Waals surface area (Å²) in [5.74, 6) is 0. The van der Waals surface area contributed by atoms with Gasteiger partial charge < -0.3 is 5.32 Å². The second-order valence-corrected chi connectivity index (χ2v) is 5.07. The van der Waals surface area contributed by atoms with E-state index in [1.54, 1.807) is 0 Å². The van der Waals surface area contributed by atoms with Crippen LogP contribution in [0.3, 0.4) is 0 Å². The molecular weight excluding hydrogens is 250 g/mol. The van der Waals surface area contributed by atoms with E-state index in [2.05, 4.69) is 53.2 Å². The second-order valence-electron chi connectivity index (χ2n) is 5.07. The second kappa shape index (κ2) is 6.70. The minimum Gasteiger partial charge on any atom is -0.309 e. The molecule has 5 heteroatoms. The van der Waals surface area contributed by atoms with Crippen LogP contribution in [0.15, 0.2) is 18.5 Å². The highest BCUT2D eigenvalue weighted by molar-refractivity contribution is 5.18. The van der Waals surface area contributed by atoms with Crippen LogP contribution in [0.25, 0.3) is 0 Å². The molecule has 0 amide bonds. The Bertz CT molecular complexity index is 540. The lowest BCUT2D eigenvalue weighted by molar-refractivity contribution is 0.489. The molecule has 2 rings (SSSR count). The van der Waals surface area contributed by atoms with Crippen LogP contribution >= 0.6 is 0 Å². The van der Waals surface area contributed by atoms with Crippen molar-refractivity contribution >= 4 is 0 Å². The van der Waals surface area contributed by atoms with Crippen molar-refractivity contribution in [3.05, 3.63) is 35.4 Å². The molecule has 5 nitrogen and oxygen atoms in total. The van der Waals surface area contributed by atoms with E-state index >= 15 is 0 Å². The zero-order valence-corrected chi connectivity index (χ0v) is 12.9. The molecule has 0 saturated heterocycles. The van der Waals surface area contributed by atoms with Gasteiger partial charge in [0.15, 0.2) is 0 Å². The maximum absolute atomic E-state index is 4.65. The summed E-state index contributed by atoms with van der Waals surface area (Å²) >= 11 is 0. The topological polar surface area (TPSA) is 47.7 Å². The Morgan fingerprint density at radius 3 is 2.65 bits per heavy atom. The maximum Gasteiger partial charge on any atom is 0.0625 e. The van der Waals surface area contributed by atoms with Gasteiger partial charge in [0.1, 0.15) is 0 Å². The normalized spacial score (nSPS) is 12.8. The molecule has 1 unspecified atom stereocenters. The molecule has 0 saturated carbocycles. The van der Waals surface area contributed by atoms with Crippen LogP contribution in [0, 0.1) is 0 Å². The minimum absolute atomic E-state index is 0.289. The van der Waals surface area contributed by atoms with Crippen molar-refractivity contribution in [1.29, 1.82) is 0 Å². The monoisotopic (exact) mass is 275 g/mol. The molecule has 2 aromatic heterocycles. The zero-order chi connectivity index (χ0) is 14.5. The third kappa shape index (κ3) is 3.28. The van der Waals surface area contributed by atoms with Crippen molar-refractivity contribution in [2.75, 3.05) is 6.54 Å². The molecule has 0 bridgehead atoms. The largest absolute Gasteiger partial charge is 0.309 e. The fourth-order valence-corrected chi connectivity index (χ4v) is 2.53. The number of likely N-dealkylation sites (N-methyl/N-ethyl adjacent to an activating group) is 1. The van der Waals surface area contributed by atoms with Gasteiger partial charge in [-0.1, -0.05) is 13.8 Å². The molecule has 0 aromatic carbocycles. The molecule has 0 spiro atoms. The van der Waals surface area contributed by atoms with Gasteiger partial charge in [-0.2, -0.15) is 10.2 Å². The van der Waals surface area contributed by atoms with Crippen molar-refractivity contribution in [1.82, 2.24) is 24.9 Å². The van der Waals surface area contributed by atoms with Crippen LogP contribution < -0.4 is 5.32 Å². The van der Waals surface area contributed by atoms with Crippen molar-refractivity contribution in [2.24, 2.45) is 7.05 Å². The summed E-state index contributed by atoms with van der Waals surface area (Å²) in [6, 6.07) is 2.52. The van der Waals surface area contributed by atoms with Gasteiger partial charge in [0.05, 0.1) is 23.6 Å². The molecule has 0 radical (unpaired) electrons. The van der Waals surface area contributed by atoms with E-state index in [9.17, 15) is 0 Å². The molecular formula is C15H25N5. The lowest BCUT2D eigenvalue weighted by Gasteiger charge is -2.18. The summed E-state index contributed by atoms with van der Waals surface area (Å²) < 4.78 is 3.97.